The fourth-order valence-electron chi connectivity index (χ4n) is 1.65. The number of pyridine rings is 1. The van der Waals surface area contributed by atoms with Crippen molar-refractivity contribution in [3.8, 4) is 0 Å². The van der Waals surface area contributed by atoms with Crippen molar-refractivity contribution in [2.45, 2.75) is 11.8 Å². The maximum atomic E-state index is 12.4. The summed E-state index contributed by atoms with van der Waals surface area (Å²) in [5.74, 6) is 0.342. The highest BCUT2D eigenvalue weighted by molar-refractivity contribution is 9.10. The van der Waals surface area contributed by atoms with Gasteiger partial charge < -0.3 is 5.32 Å². The minimum atomic E-state index is -3.69. The average molecular weight is 356 g/mol. The van der Waals surface area contributed by atoms with Gasteiger partial charge in [0.2, 0.25) is 0 Å². The fraction of sp³-hybridized carbons (Fsp3) is 0.154. The van der Waals surface area contributed by atoms with E-state index in [-0.39, 0.29) is 4.90 Å². The van der Waals surface area contributed by atoms with Crippen molar-refractivity contribution in [2.75, 3.05) is 16.6 Å². The maximum Gasteiger partial charge on any atom is 0.265 e. The molecule has 0 spiro atoms. The van der Waals surface area contributed by atoms with Gasteiger partial charge in [-0.05, 0) is 47.1 Å². The van der Waals surface area contributed by atoms with Crippen molar-refractivity contribution < 1.29 is 8.42 Å². The molecule has 1 aromatic carbocycles. The van der Waals surface area contributed by atoms with E-state index in [4.69, 9.17) is 0 Å². The molecule has 0 unspecified atom stereocenters. The summed E-state index contributed by atoms with van der Waals surface area (Å²) in [7, 11) is -3.69. The molecule has 1 heterocycles. The van der Waals surface area contributed by atoms with E-state index in [1.807, 2.05) is 13.0 Å². The number of anilines is 2. The van der Waals surface area contributed by atoms with E-state index >= 15 is 0 Å². The van der Waals surface area contributed by atoms with E-state index in [1.54, 1.807) is 30.5 Å². The molecule has 0 radical (unpaired) electrons. The Morgan fingerprint density at radius 3 is 2.65 bits per heavy atom. The van der Waals surface area contributed by atoms with Crippen LogP contribution in [-0.4, -0.2) is 19.9 Å². The number of halogens is 1. The van der Waals surface area contributed by atoms with Crippen LogP contribution in [0.4, 0.5) is 11.5 Å². The summed E-state index contributed by atoms with van der Waals surface area (Å²) in [6, 6.07) is 10.1. The third kappa shape index (κ3) is 3.29. The van der Waals surface area contributed by atoms with Gasteiger partial charge in [0.05, 0.1) is 5.69 Å². The molecule has 2 rings (SSSR count). The molecule has 2 N–H and O–H groups in total. The topological polar surface area (TPSA) is 71.1 Å². The van der Waals surface area contributed by atoms with Crippen LogP contribution in [0.2, 0.25) is 0 Å². The molecule has 106 valence electrons. The molecule has 5 nitrogen and oxygen atoms in total. The van der Waals surface area contributed by atoms with Crippen molar-refractivity contribution in [3.63, 3.8) is 0 Å². The molecule has 1 aromatic heterocycles. The fourth-order valence-corrected chi connectivity index (χ4v) is 3.38. The van der Waals surface area contributed by atoms with Gasteiger partial charge in [-0.15, -0.1) is 0 Å². The van der Waals surface area contributed by atoms with Crippen molar-refractivity contribution in [3.05, 3.63) is 47.1 Å². The molecule has 0 saturated carbocycles. The van der Waals surface area contributed by atoms with Crippen LogP contribution in [0.1, 0.15) is 6.92 Å². The zero-order valence-electron chi connectivity index (χ0n) is 10.8. The summed E-state index contributed by atoms with van der Waals surface area (Å²) in [5.41, 5.74) is 0.485. The number of rotatable bonds is 5. The molecule has 0 fully saturated rings. The Hall–Kier alpha value is -1.60. The molecule has 0 bridgehead atoms. The average Bonchev–Trinajstić information content (AvgIpc) is 2.42. The van der Waals surface area contributed by atoms with Crippen molar-refractivity contribution in [1.82, 2.24) is 4.98 Å². The van der Waals surface area contributed by atoms with Gasteiger partial charge in [0.15, 0.2) is 0 Å². The summed E-state index contributed by atoms with van der Waals surface area (Å²) < 4.78 is 28.1. The number of nitrogens with zero attached hydrogens (tertiary/aromatic N) is 1. The number of hydrogen-bond donors (Lipinski definition) is 2. The SMILES string of the molecule is CCNc1ncccc1S(=O)(=O)Nc1ccccc1Br. The van der Waals surface area contributed by atoms with Gasteiger partial charge in [-0.1, -0.05) is 12.1 Å². The van der Waals surface area contributed by atoms with Gasteiger partial charge in [0, 0.05) is 17.2 Å². The first-order chi connectivity index (χ1) is 9.54. The Morgan fingerprint density at radius 2 is 1.95 bits per heavy atom. The molecule has 7 heteroatoms. The van der Waals surface area contributed by atoms with E-state index in [2.05, 4.69) is 31.0 Å². The van der Waals surface area contributed by atoms with Gasteiger partial charge in [0.1, 0.15) is 10.7 Å². The predicted octanol–water partition coefficient (Wildman–Crippen LogP) is 3.08. The van der Waals surface area contributed by atoms with Crippen LogP contribution in [0.15, 0.2) is 52.0 Å². The monoisotopic (exact) mass is 355 g/mol. The number of nitrogens with one attached hydrogen (secondary N) is 2. The van der Waals surface area contributed by atoms with Crippen LogP contribution < -0.4 is 10.0 Å². The van der Waals surface area contributed by atoms with Gasteiger partial charge >= 0.3 is 0 Å². The van der Waals surface area contributed by atoms with Crippen LogP contribution in [0.3, 0.4) is 0 Å². The molecule has 0 amide bonds. The molecular weight excluding hydrogens is 342 g/mol. The lowest BCUT2D eigenvalue weighted by Gasteiger charge is -2.12. The highest BCUT2D eigenvalue weighted by atomic mass is 79.9. The first-order valence-electron chi connectivity index (χ1n) is 6.01. The van der Waals surface area contributed by atoms with Crippen molar-refractivity contribution in [2.24, 2.45) is 0 Å². The van der Waals surface area contributed by atoms with Crippen LogP contribution in [-0.2, 0) is 10.0 Å². The Morgan fingerprint density at radius 1 is 1.20 bits per heavy atom. The third-order valence-electron chi connectivity index (χ3n) is 2.52. The van der Waals surface area contributed by atoms with Crippen molar-refractivity contribution >= 4 is 37.5 Å². The van der Waals surface area contributed by atoms with Crippen LogP contribution in [0, 0.1) is 0 Å². The smallest absolute Gasteiger partial charge is 0.265 e. The summed E-state index contributed by atoms with van der Waals surface area (Å²) in [6.45, 7) is 2.47. The number of sulfonamides is 1. The van der Waals surface area contributed by atoms with Gasteiger partial charge in [0.25, 0.3) is 10.0 Å². The second kappa shape index (κ2) is 6.23. The first-order valence-corrected chi connectivity index (χ1v) is 8.28. The lowest BCUT2D eigenvalue weighted by molar-refractivity contribution is 0.601. The van der Waals surface area contributed by atoms with E-state index in [0.717, 1.165) is 0 Å². The number of aromatic nitrogens is 1. The number of para-hydroxylation sites is 1. The molecular formula is C13H14BrN3O2S. The molecule has 0 aliphatic heterocycles. The minimum Gasteiger partial charge on any atom is -0.369 e. The van der Waals surface area contributed by atoms with Crippen LogP contribution in [0.25, 0.3) is 0 Å². The van der Waals surface area contributed by atoms with E-state index < -0.39 is 10.0 Å². The Labute approximate surface area is 126 Å². The second-order valence-electron chi connectivity index (χ2n) is 3.97. The molecule has 2 aromatic rings. The van der Waals surface area contributed by atoms with Crippen molar-refractivity contribution in [1.29, 1.82) is 0 Å². The van der Waals surface area contributed by atoms with Gasteiger partial charge in [-0.2, -0.15) is 0 Å². The molecule has 0 aliphatic carbocycles. The zero-order valence-corrected chi connectivity index (χ0v) is 13.2. The zero-order chi connectivity index (χ0) is 14.6. The van der Waals surface area contributed by atoms with E-state index in [9.17, 15) is 8.42 Å². The quantitative estimate of drug-likeness (QED) is 0.864. The van der Waals surface area contributed by atoms with Crippen LogP contribution in [0.5, 0.6) is 0 Å². The number of hydrogen-bond acceptors (Lipinski definition) is 4. The molecule has 20 heavy (non-hydrogen) atoms. The second-order valence-corrected chi connectivity index (χ2v) is 6.47. The highest BCUT2D eigenvalue weighted by Crippen LogP contribution is 2.26. The summed E-state index contributed by atoms with van der Waals surface area (Å²) in [4.78, 5) is 4.18. The first kappa shape index (κ1) is 14.8. The predicted molar refractivity (Wildman–Crippen MR) is 83.4 cm³/mol. The minimum absolute atomic E-state index is 0.123. The standard InChI is InChI=1S/C13H14BrN3O2S/c1-2-15-13-12(8-5-9-16-13)20(18,19)17-11-7-4-3-6-10(11)14/h3-9,17H,2H2,1H3,(H,15,16). The lowest BCUT2D eigenvalue weighted by atomic mass is 10.3. The maximum absolute atomic E-state index is 12.4. The van der Waals surface area contributed by atoms with E-state index in [1.165, 1.54) is 6.07 Å². The summed E-state index contributed by atoms with van der Waals surface area (Å²) in [5, 5.41) is 2.94. The third-order valence-corrected chi connectivity index (χ3v) is 4.61. The molecule has 0 aliphatic rings. The lowest BCUT2D eigenvalue weighted by Crippen LogP contribution is -2.16. The molecule has 0 atom stereocenters. The Balaban J connectivity index is 2.39. The van der Waals surface area contributed by atoms with Gasteiger partial charge in [-0.3, -0.25) is 4.72 Å². The van der Waals surface area contributed by atoms with Gasteiger partial charge in [-0.25, -0.2) is 13.4 Å². The Kier molecular flexibility index (Phi) is 4.61. The summed E-state index contributed by atoms with van der Waals surface area (Å²) in [6.07, 6.45) is 1.55. The highest BCUT2D eigenvalue weighted by Gasteiger charge is 2.19. The number of benzene rings is 1. The Bertz CT molecular complexity index is 704. The van der Waals surface area contributed by atoms with Crippen LogP contribution >= 0.6 is 15.9 Å². The molecule has 0 saturated heterocycles. The van der Waals surface area contributed by atoms with E-state index in [0.29, 0.717) is 22.5 Å². The largest absolute Gasteiger partial charge is 0.369 e. The summed E-state index contributed by atoms with van der Waals surface area (Å²) >= 11 is 3.31. The normalized spacial score (nSPS) is 11.1.